The van der Waals surface area contributed by atoms with Gasteiger partial charge in [-0.1, -0.05) is 54.4 Å². The first-order chi connectivity index (χ1) is 21.4. The molecule has 46 heavy (non-hydrogen) atoms. The summed E-state index contributed by atoms with van der Waals surface area (Å²) in [6.45, 7) is 16.7. The standard InChI is InChI=1S/C40H54O6/c1-21(2)31-23-11-13-29-37(5,15-9-17-39(29,7)35(43)44)27(23)19-25(33(31)41)26-20-28-24(32(22(3)4)34(26)42)12-14-30-38(28,6)16-10-18-40(30,8)36(45)46/h19-22,29-30,41-42H,9-18H2,1-8H3,(H,43,44)(H,45,46)/t29-,30+,37+,38-,39-,40+. The first-order valence-electron chi connectivity index (χ1n) is 17.7. The normalized spacial score (nSPS) is 33.6. The second kappa shape index (κ2) is 10.8. The molecule has 0 heterocycles. The van der Waals surface area contributed by atoms with Crippen LogP contribution in [0.25, 0.3) is 11.1 Å². The number of fused-ring (bicyclic) bond motifs is 6. The van der Waals surface area contributed by atoms with E-state index in [1.165, 1.54) is 0 Å². The highest BCUT2D eigenvalue weighted by atomic mass is 16.4. The molecule has 6 atom stereocenters. The van der Waals surface area contributed by atoms with Crippen molar-refractivity contribution >= 4 is 11.9 Å². The van der Waals surface area contributed by atoms with Crippen LogP contribution in [0.1, 0.15) is 152 Å². The molecule has 4 aliphatic carbocycles. The van der Waals surface area contributed by atoms with Crippen LogP contribution < -0.4 is 0 Å². The molecule has 6 rings (SSSR count). The largest absolute Gasteiger partial charge is 0.507 e. The Labute approximate surface area is 274 Å². The van der Waals surface area contributed by atoms with Gasteiger partial charge in [0, 0.05) is 22.3 Å². The van der Waals surface area contributed by atoms with Crippen molar-refractivity contribution in [3.8, 4) is 22.6 Å². The Hall–Kier alpha value is -3.02. The molecule has 4 aliphatic rings. The second-order valence-corrected chi connectivity index (χ2v) is 16.9. The average Bonchev–Trinajstić information content (AvgIpc) is 2.96. The molecular weight excluding hydrogens is 576 g/mol. The number of carboxylic acid groups (broad SMARTS) is 2. The first-order valence-corrected chi connectivity index (χ1v) is 17.7. The first kappa shape index (κ1) is 32.9. The Bertz CT molecular complexity index is 1500. The van der Waals surface area contributed by atoms with E-state index in [-0.39, 0.29) is 46.0 Å². The number of aliphatic carboxylic acids is 2. The van der Waals surface area contributed by atoms with Gasteiger partial charge in [-0.15, -0.1) is 0 Å². The molecule has 6 heteroatoms. The molecule has 4 N–H and O–H groups in total. The minimum absolute atomic E-state index is 0.0316. The number of hydrogen-bond donors (Lipinski definition) is 4. The highest BCUT2D eigenvalue weighted by Gasteiger charge is 2.57. The van der Waals surface area contributed by atoms with E-state index in [0.29, 0.717) is 24.0 Å². The minimum Gasteiger partial charge on any atom is -0.507 e. The number of aromatic hydroxyl groups is 2. The fraction of sp³-hybridized carbons (Fsp3) is 0.650. The summed E-state index contributed by atoms with van der Waals surface area (Å²) in [7, 11) is 0. The van der Waals surface area contributed by atoms with Crippen molar-refractivity contribution in [2.45, 2.75) is 142 Å². The zero-order valence-electron chi connectivity index (χ0n) is 29.1. The van der Waals surface area contributed by atoms with E-state index in [0.717, 1.165) is 84.7 Å². The summed E-state index contributed by atoms with van der Waals surface area (Å²) in [5.41, 5.74) is 5.16. The Morgan fingerprint density at radius 3 is 1.30 bits per heavy atom. The van der Waals surface area contributed by atoms with Crippen LogP contribution in [0.15, 0.2) is 12.1 Å². The van der Waals surface area contributed by atoms with Gasteiger partial charge in [0.25, 0.3) is 0 Å². The van der Waals surface area contributed by atoms with Gasteiger partial charge in [0.15, 0.2) is 0 Å². The number of carboxylic acids is 2. The number of phenolic OH excluding ortho intramolecular Hbond substituents is 2. The third-order valence-corrected chi connectivity index (χ3v) is 13.8. The van der Waals surface area contributed by atoms with Gasteiger partial charge in [-0.2, -0.15) is 0 Å². The Balaban J connectivity index is 1.63. The molecule has 0 spiro atoms. The summed E-state index contributed by atoms with van der Waals surface area (Å²) < 4.78 is 0. The Morgan fingerprint density at radius 2 is 1.00 bits per heavy atom. The number of phenols is 2. The predicted octanol–water partition coefficient (Wildman–Crippen LogP) is 9.20. The number of carbonyl (C=O) groups is 2. The maximum Gasteiger partial charge on any atom is 0.309 e. The van der Waals surface area contributed by atoms with Crippen molar-refractivity contribution in [1.29, 1.82) is 0 Å². The van der Waals surface area contributed by atoms with Crippen LogP contribution in [-0.4, -0.2) is 32.4 Å². The number of benzene rings is 2. The molecule has 2 fully saturated rings. The lowest BCUT2D eigenvalue weighted by Gasteiger charge is -2.54. The summed E-state index contributed by atoms with van der Waals surface area (Å²) >= 11 is 0. The number of hydrogen-bond acceptors (Lipinski definition) is 4. The second-order valence-electron chi connectivity index (χ2n) is 16.9. The summed E-state index contributed by atoms with van der Waals surface area (Å²) in [6.07, 6.45) is 7.74. The molecule has 2 aromatic carbocycles. The summed E-state index contributed by atoms with van der Waals surface area (Å²) in [5.74, 6) is -1.05. The monoisotopic (exact) mass is 630 g/mol. The third-order valence-electron chi connectivity index (χ3n) is 13.8. The van der Waals surface area contributed by atoms with E-state index in [4.69, 9.17) is 0 Å². The molecule has 0 amide bonds. The molecule has 2 aromatic rings. The van der Waals surface area contributed by atoms with E-state index >= 15 is 0 Å². The smallest absolute Gasteiger partial charge is 0.309 e. The van der Waals surface area contributed by atoms with E-state index in [1.807, 2.05) is 13.8 Å². The molecular formula is C40H54O6. The van der Waals surface area contributed by atoms with Crippen LogP contribution in [0.3, 0.4) is 0 Å². The summed E-state index contributed by atoms with van der Waals surface area (Å²) in [5, 5.41) is 45.2. The zero-order chi connectivity index (χ0) is 33.7. The summed E-state index contributed by atoms with van der Waals surface area (Å²) in [4.78, 5) is 25.4. The highest BCUT2D eigenvalue weighted by molar-refractivity contribution is 5.83. The van der Waals surface area contributed by atoms with Gasteiger partial charge in [-0.3, -0.25) is 9.59 Å². The third kappa shape index (κ3) is 4.33. The van der Waals surface area contributed by atoms with Gasteiger partial charge in [0.1, 0.15) is 11.5 Å². The van der Waals surface area contributed by atoms with Gasteiger partial charge in [0.05, 0.1) is 10.8 Å². The van der Waals surface area contributed by atoms with Crippen LogP contribution >= 0.6 is 0 Å². The van der Waals surface area contributed by atoms with Crippen molar-refractivity contribution < 1.29 is 30.0 Å². The topological polar surface area (TPSA) is 115 Å². The predicted molar refractivity (Wildman–Crippen MR) is 181 cm³/mol. The van der Waals surface area contributed by atoms with Gasteiger partial charge in [-0.25, -0.2) is 0 Å². The molecule has 0 bridgehead atoms. The SMILES string of the molecule is CC(C)c1c(O)c(-c2cc3c(c(C(C)C)c2O)CC[C@@H]2[C@@](C)(C(=O)O)CCC[C@]32C)cc2c1CC[C@H]1[C@](C)(C(=O)O)CCC[C@@]21C. The van der Waals surface area contributed by atoms with Crippen LogP contribution in [0.5, 0.6) is 11.5 Å². The van der Waals surface area contributed by atoms with Crippen LogP contribution in [0.2, 0.25) is 0 Å². The molecule has 250 valence electrons. The van der Waals surface area contributed by atoms with Gasteiger partial charge < -0.3 is 20.4 Å². The average molecular weight is 631 g/mol. The zero-order valence-corrected chi connectivity index (χ0v) is 29.1. The minimum atomic E-state index is -0.819. The van der Waals surface area contributed by atoms with E-state index < -0.39 is 22.8 Å². The molecule has 0 unspecified atom stereocenters. The van der Waals surface area contributed by atoms with Crippen molar-refractivity contribution in [1.82, 2.24) is 0 Å². The lowest BCUT2D eigenvalue weighted by molar-refractivity contribution is -0.158. The Kier molecular flexibility index (Phi) is 7.69. The molecule has 0 saturated heterocycles. The van der Waals surface area contributed by atoms with E-state index in [2.05, 4.69) is 53.7 Å². The number of rotatable bonds is 5. The molecule has 0 radical (unpaired) electrons. The fourth-order valence-corrected chi connectivity index (χ4v) is 11.4. The van der Waals surface area contributed by atoms with Crippen LogP contribution in [-0.2, 0) is 33.3 Å². The lowest BCUT2D eigenvalue weighted by atomic mass is 9.49. The van der Waals surface area contributed by atoms with Crippen molar-refractivity contribution in [2.75, 3.05) is 0 Å². The molecule has 0 aliphatic heterocycles. The lowest BCUT2D eigenvalue weighted by Crippen LogP contribution is -2.52. The maximum absolute atomic E-state index is 12.7. The molecule has 6 nitrogen and oxygen atoms in total. The summed E-state index contributed by atoms with van der Waals surface area (Å²) in [6, 6.07) is 4.18. The van der Waals surface area contributed by atoms with E-state index in [1.54, 1.807) is 0 Å². The van der Waals surface area contributed by atoms with Gasteiger partial charge >= 0.3 is 11.9 Å². The molecule has 2 saturated carbocycles. The highest BCUT2D eigenvalue weighted by Crippen LogP contribution is 2.62. The van der Waals surface area contributed by atoms with Crippen LogP contribution in [0, 0.1) is 22.7 Å². The maximum atomic E-state index is 12.7. The van der Waals surface area contributed by atoms with Gasteiger partial charge in [0.2, 0.25) is 0 Å². The fourth-order valence-electron chi connectivity index (χ4n) is 11.4. The van der Waals surface area contributed by atoms with Crippen molar-refractivity contribution in [3.63, 3.8) is 0 Å². The van der Waals surface area contributed by atoms with Crippen molar-refractivity contribution in [2.24, 2.45) is 22.7 Å². The molecule has 0 aromatic heterocycles. The van der Waals surface area contributed by atoms with Crippen molar-refractivity contribution in [3.05, 3.63) is 45.5 Å². The Morgan fingerprint density at radius 1 is 0.652 bits per heavy atom. The quantitative estimate of drug-likeness (QED) is 0.262. The van der Waals surface area contributed by atoms with E-state index in [9.17, 15) is 30.0 Å². The van der Waals surface area contributed by atoms with Crippen LogP contribution in [0.4, 0.5) is 0 Å². The van der Waals surface area contributed by atoms with Gasteiger partial charge in [-0.05, 0) is 134 Å².